The van der Waals surface area contributed by atoms with Crippen LogP contribution in [0.1, 0.15) is 18.2 Å². The van der Waals surface area contributed by atoms with Crippen LogP contribution in [0.25, 0.3) is 0 Å². The number of carbonyl (C=O) groups is 1. The van der Waals surface area contributed by atoms with E-state index in [2.05, 4.69) is 25.5 Å². The molecule has 2 N–H and O–H groups in total. The highest BCUT2D eigenvalue weighted by Gasteiger charge is 2.23. The van der Waals surface area contributed by atoms with Gasteiger partial charge in [-0.2, -0.15) is 4.98 Å². The van der Waals surface area contributed by atoms with E-state index >= 15 is 0 Å². The zero-order chi connectivity index (χ0) is 20.1. The number of aromatic nitrogens is 2. The van der Waals surface area contributed by atoms with Gasteiger partial charge in [-0.25, -0.2) is 9.78 Å². The number of nitrogens with zero attached hydrogens (tertiary/aromatic N) is 4. The van der Waals surface area contributed by atoms with Crippen molar-refractivity contribution < 1.29 is 9.53 Å². The van der Waals surface area contributed by atoms with Crippen molar-refractivity contribution in [3.63, 3.8) is 0 Å². The van der Waals surface area contributed by atoms with E-state index in [-0.39, 0.29) is 6.03 Å². The van der Waals surface area contributed by atoms with Crippen molar-refractivity contribution in [2.75, 3.05) is 55.4 Å². The summed E-state index contributed by atoms with van der Waals surface area (Å²) in [5, 5.41) is 6.16. The standard InChI is InChI=1S/C20H28N6O2/c1-5-21-19-22-15(3)13-18(24-19)25-8-10-26(11-9-25)20(27)23-17-7-6-16(28-4)12-14(17)2/h6-7,12-13H,5,8-11H2,1-4H3,(H,23,27)(H,21,22,24). The van der Waals surface area contributed by atoms with Crippen LogP contribution >= 0.6 is 0 Å². The largest absolute Gasteiger partial charge is 0.497 e. The Bertz CT molecular complexity index is 833. The summed E-state index contributed by atoms with van der Waals surface area (Å²) in [6.07, 6.45) is 0. The van der Waals surface area contributed by atoms with E-state index in [9.17, 15) is 4.79 Å². The van der Waals surface area contributed by atoms with Crippen molar-refractivity contribution in [1.82, 2.24) is 14.9 Å². The summed E-state index contributed by atoms with van der Waals surface area (Å²) in [6, 6.07) is 7.53. The summed E-state index contributed by atoms with van der Waals surface area (Å²) < 4.78 is 5.21. The first kappa shape index (κ1) is 19.7. The molecule has 8 heteroatoms. The predicted octanol–water partition coefficient (Wildman–Crippen LogP) is 2.89. The summed E-state index contributed by atoms with van der Waals surface area (Å²) in [4.78, 5) is 25.6. The monoisotopic (exact) mass is 384 g/mol. The van der Waals surface area contributed by atoms with Gasteiger partial charge in [0.15, 0.2) is 0 Å². The molecule has 0 unspecified atom stereocenters. The van der Waals surface area contributed by atoms with Gasteiger partial charge >= 0.3 is 6.03 Å². The van der Waals surface area contributed by atoms with Crippen LogP contribution in [0, 0.1) is 13.8 Å². The van der Waals surface area contributed by atoms with Gasteiger partial charge in [0.1, 0.15) is 11.6 Å². The number of urea groups is 1. The molecule has 1 fully saturated rings. The summed E-state index contributed by atoms with van der Waals surface area (Å²) in [6.45, 7) is 9.46. The molecule has 1 aromatic heterocycles. The van der Waals surface area contributed by atoms with Crippen LogP contribution in [0.3, 0.4) is 0 Å². The van der Waals surface area contributed by atoms with Crippen LogP contribution in [0.2, 0.25) is 0 Å². The first-order valence-electron chi connectivity index (χ1n) is 9.55. The Morgan fingerprint density at radius 1 is 1.14 bits per heavy atom. The lowest BCUT2D eigenvalue weighted by molar-refractivity contribution is 0.208. The van der Waals surface area contributed by atoms with Gasteiger partial charge in [0.25, 0.3) is 0 Å². The van der Waals surface area contributed by atoms with Crippen molar-refractivity contribution in [3.05, 3.63) is 35.5 Å². The topological polar surface area (TPSA) is 82.6 Å². The van der Waals surface area contributed by atoms with Gasteiger partial charge in [-0.15, -0.1) is 0 Å². The number of hydrogen-bond donors (Lipinski definition) is 2. The third-order valence-corrected chi connectivity index (χ3v) is 4.74. The summed E-state index contributed by atoms with van der Waals surface area (Å²) in [5.41, 5.74) is 2.70. The minimum Gasteiger partial charge on any atom is -0.497 e. The fraction of sp³-hybridized carbons (Fsp3) is 0.450. The third kappa shape index (κ3) is 4.62. The Labute approximate surface area is 165 Å². The molecule has 0 bridgehead atoms. The van der Waals surface area contributed by atoms with E-state index in [0.29, 0.717) is 19.0 Å². The van der Waals surface area contributed by atoms with Gasteiger partial charge in [0.05, 0.1) is 7.11 Å². The molecule has 150 valence electrons. The number of anilines is 3. The molecule has 0 atom stereocenters. The molecule has 8 nitrogen and oxygen atoms in total. The molecular formula is C20H28N6O2. The second-order valence-electron chi connectivity index (χ2n) is 6.81. The number of nitrogens with one attached hydrogen (secondary N) is 2. The molecule has 1 aliphatic rings. The molecule has 0 radical (unpaired) electrons. The number of benzene rings is 1. The molecule has 28 heavy (non-hydrogen) atoms. The number of piperazine rings is 1. The molecule has 2 amide bonds. The number of ether oxygens (including phenoxy) is 1. The lowest BCUT2D eigenvalue weighted by Crippen LogP contribution is -2.50. The highest BCUT2D eigenvalue weighted by Crippen LogP contribution is 2.22. The molecule has 3 rings (SSSR count). The van der Waals surface area contributed by atoms with Crippen molar-refractivity contribution in [2.24, 2.45) is 0 Å². The van der Waals surface area contributed by atoms with Gasteiger partial charge in [0, 0.05) is 50.2 Å². The second-order valence-corrected chi connectivity index (χ2v) is 6.81. The highest BCUT2D eigenvalue weighted by molar-refractivity contribution is 5.90. The smallest absolute Gasteiger partial charge is 0.321 e. The Hall–Kier alpha value is -3.03. The van der Waals surface area contributed by atoms with Crippen LogP contribution < -0.4 is 20.3 Å². The van der Waals surface area contributed by atoms with Crippen molar-refractivity contribution in [3.8, 4) is 5.75 Å². The molecular weight excluding hydrogens is 356 g/mol. The molecule has 2 aromatic rings. The molecule has 2 heterocycles. The quantitative estimate of drug-likeness (QED) is 0.825. The minimum absolute atomic E-state index is 0.0832. The number of hydrogen-bond acceptors (Lipinski definition) is 6. The Morgan fingerprint density at radius 3 is 2.54 bits per heavy atom. The fourth-order valence-electron chi connectivity index (χ4n) is 3.19. The fourth-order valence-corrected chi connectivity index (χ4v) is 3.19. The van der Waals surface area contributed by atoms with Gasteiger partial charge in [0.2, 0.25) is 5.95 Å². The average Bonchev–Trinajstić information content (AvgIpc) is 2.69. The first-order chi connectivity index (χ1) is 13.5. The van der Waals surface area contributed by atoms with E-state index in [1.165, 1.54) is 0 Å². The van der Waals surface area contributed by atoms with E-state index in [4.69, 9.17) is 4.74 Å². The zero-order valence-corrected chi connectivity index (χ0v) is 17.0. The lowest BCUT2D eigenvalue weighted by Gasteiger charge is -2.35. The number of amides is 2. The molecule has 0 saturated carbocycles. The number of rotatable bonds is 5. The first-order valence-corrected chi connectivity index (χ1v) is 9.55. The van der Waals surface area contributed by atoms with E-state index in [1.54, 1.807) is 7.11 Å². The SMILES string of the molecule is CCNc1nc(C)cc(N2CCN(C(=O)Nc3ccc(OC)cc3C)CC2)n1. The number of methoxy groups -OCH3 is 1. The van der Waals surface area contributed by atoms with Gasteiger partial charge in [-0.3, -0.25) is 0 Å². The summed E-state index contributed by atoms with van der Waals surface area (Å²) >= 11 is 0. The average molecular weight is 384 g/mol. The maximum atomic E-state index is 12.6. The molecule has 0 aliphatic carbocycles. The van der Waals surface area contributed by atoms with Gasteiger partial charge in [-0.1, -0.05) is 0 Å². The van der Waals surface area contributed by atoms with E-state index in [1.807, 2.05) is 49.9 Å². The molecule has 0 spiro atoms. The molecule has 1 aromatic carbocycles. The molecule has 1 saturated heterocycles. The van der Waals surface area contributed by atoms with Crippen LogP contribution in [0.4, 0.5) is 22.2 Å². The predicted molar refractivity (Wildman–Crippen MR) is 111 cm³/mol. The third-order valence-electron chi connectivity index (χ3n) is 4.74. The maximum absolute atomic E-state index is 12.6. The second kappa shape index (κ2) is 8.77. The van der Waals surface area contributed by atoms with Gasteiger partial charge in [-0.05, 0) is 44.5 Å². The minimum atomic E-state index is -0.0832. The van der Waals surface area contributed by atoms with Crippen molar-refractivity contribution >= 4 is 23.5 Å². The normalized spacial score (nSPS) is 14.0. The zero-order valence-electron chi connectivity index (χ0n) is 17.0. The van der Waals surface area contributed by atoms with Crippen LogP contribution in [-0.4, -0.2) is 60.7 Å². The highest BCUT2D eigenvalue weighted by atomic mass is 16.5. The maximum Gasteiger partial charge on any atom is 0.321 e. The summed E-state index contributed by atoms with van der Waals surface area (Å²) in [5.74, 6) is 2.32. The Morgan fingerprint density at radius 2 is 1.89 bits per heavy atom. The van der Waals surface area contributed by atoms with Crippen LogP contribution in [-0.2, 0) is 0 Å². The Balaban J connectivity index is 1.60. The number of aryl methyl sites for hydroxylation is 2. The molecule has 1 aliphatic heterocycles. The van der Waals surface area contributed by atoms with E-state index < -0.39 is 0 Å². The van der Waals surface area contributed by atoms with Crippen molar-refractivity contribution in [2.45, 2.75) is 20.8 Å². The summed E-state index contributed by atoms with van der Waals surface area (Å²) in [7, 11) is 1.63. The van der Waals surface area contributed by atoms with Crippen molar-refractivity contribution in [1.29, 1.82) is 0 Å². The van der Waals surface area contributed by atoms with Crippen LogP contribution in [0.5, 0.6) is 5.75 Å². The van der Waals surface area contributed by atoms with Crippen LogP contribution in [0.15, 0.2) is 24.3 Å². The number of carbonyl (C=O) groups excluding carboxylic acids is 1. The van der Waals surface area contributed by atoms with E-state index in [0.717, 1.165) is 48.1 Å². The Kier molecular flexibility index (Phi) is 6.18. The lowest BCUT2D eigenvalue weighted by atomic mass is 10.2. The van der Waals surface area contributed by atoms with Gasteiger partial charge < -0.3 is 25.2 Å².